The number of nitrogens with zero attached hydrogens (tertiary/aromatic N) is 3. The van der Waals surface area contributed by atoms with Crippen molar-refractivity contribution in [2.24, 2.45) is 5.73 Å². The second-order valence-electron chi connectivity index (χ2n) is 14.7. The second kappa shape index (κ2) is 16.2. The zero-order valence-corrected chi connectivity index (χ0v) is 30.9. The normalized spacial score (nSPS) is 18.6. The molecule has 5 N–H and O–H groups in total. The van der Waals surface area contributed by atoms with E-state index < -0.39 is 11.9 Å². The largest absolute Gasteiger partial charge is 0.494 e. The molecule has 0 spiro atoms. The van der Waals surface area contributed by atoms with E-state index in [1.54, 1.807) is 0 Å². The molecule has 55 heavy (non-hydrogen) atoms. The summed E-state index contributed by atoms with van der Waals surface area (Å²) in [5, 5.41) is 14.0. The van der Waals surface area contributed by atoms with Crippen LogP contribution in [-0.2, 0) is 22.6 Å². The highest BCUT2D eigenvalue weighted by atomic mass is 16.5. The monoisotopic (exact) mass is 741 g/mol. The van der Waals surface area contributed by atoms with Crippen molar-refractivity contribution >= 4 is 34.9 Å². The number of carbonyl (C=O) groups excluding carboxylic acids is 3. The van der Waals surface area contributed by atoms with Gasteiger partial charge in [-0.05, 0) is 142 Å². The summed E-state index contributed by atoms with van der Waals surface area (Å²) in [5.41, 5.74) is 12.1. The van der Waals surface area contributed by atoms with Crippen LogP contribution in [0.3, 0.4) is 0 Å². The fourth-order valence-corrected chi connectivity index (χ4v) is 7.85. The minimum Gasteiger partial charge on any atom is -0.494 e. The molecule has 12 heteroatoms. The summed E-state index contributed by atoms with van der Waals surface area (Å²) in [6, 6.07) is 21.6. The molecule has 4 heterocycles. The van der Waals surface area contributed by atoms with Gasteiger partial charge in [0.05, 0.1) is 6.61 Å². The number of piperidine rings is 2. The first-order valence-corrected chi connectivity index (χ1v) is 19.4. The van der Waals surface area contributed by atoms with Crippen LogP contribution in [-0.4, -0.2) is 64.7 Å². The number of primary amides is 1. The molecule has 1 aromatic heterocycles. The van der Waals surface area contributed by atoms with Crippen LogP contribution in [0.1, 0.15) is 72.3 Å². The first kappa shape index (κ1) is 36.1. The molecular weight excluding hydrogens is 695 g/mol. The Kier molecular flexibility index (Phi) is 10.7. The van der Waals surface area contributed by atoms with Gasteiger partial charge >= 0.3 is 0 Å². The Morgan fingerprint density at radius 3 is 2.45 bits per heavy atom. The van der Waals surface area contributed by atoms with Crippen LogP contribution in [0.2, 0.25) is 0 Å². The lowest BCUT2D eigenvalue weighted by Crippen LogP contribution is -2.47. The molecule has 1 aliphatic carbocycles. The number of ether oxygens (including phenoxy) is 2. The molecular formula is C43H47N7O5. The molecule has 0 radical (unpaired) electrons. The highest BCUT2D eigenvalue weighted by Crippen LogP contribution is 2.37. The maximum absolute atomic E-state index is 12.9. The van der Waals surface area contributed by atoms with Gasteiger partial charge in [0.1, 0.15) is 40.4 Å². The molecule has 2 saturated heterocycles. The van der Waals surface area contributed by atoms with Crippen LogP contribution in [0.4, 0.5) is 17.2 Å². The number of anilines is 3. The standard InChI is InChI=1S/C43H47N7O5/c44-41(52)39-40(30-9-13-35(14-10-30)55-34-5-2-1-3-6-34)48-50-25-21-29-7-8-31(27-37(29)46-42(39)50)28-19-23-49(24-20-28)22-4-26-54-33-15-11-32(12-16-33)45-36-17-18-38(51)47-43(36)53/h2,5-16,27-28,36,45-46H,1,3-4,17-26H2,(H2,44,52)(H,47,51,53). The fourth-order valence-electron chi connectivity index (χ4n) is 7.85. The minimum atomic E-state index is -0.517. The lowest BCUT2D eigenvalue weighted by atomic mass is 9.88. The summed E-state index contributed by atoms with van der Waals surface area (Å²) in [5.74, 6) is 2.41. The van der Waals surface area contributed by atoms with Crippen molar-refractivity contribution in [2.45, 2.75) is 69.9 Å². The number of amides is 3. The van der Waals surface area contributed by atoms with Crippen LogP contribution >= 0.6 is 0 Å². The van der Waals surface area contributed by atoms with E-state index in [9.17, 15) is 14.4 Å². The number of hydrogen-bond donors (Lipinski definition) is 4. The molecule has 1 unspecified atom stereocenters. The Hall–Kier alpha value is -5.88. The van der Waals surface area contributed by atoms with E-state index in [2.05, 4.69) is 51.2 Å². The van der Waals surface area contributed by atoms with E-state index in [0.29, 0.717) is 49.0 Å². The third-order valence-electron chi connectivity index (χ3n) is 10.9. The lowest BCUT2D eigenvalue weighted by Gasteiger charge is -2.32. The maximum Gasteiger partial charge on any atom is 0.254 e. The predicted octanol–water partition coefficient (Wildman–Crippen LogP) is 6.43. The summed E-state index contributed by atoms with van der Waals surface area (Å²) in [4.78, 5) is 38.9. The summed E-state index contributed by atoms with van der Waals surface area (Å²) in [6.45, 7) is 4.27. The summed E-state index contributed by atoms with van der Waals surface area (Å²) < 4.78 is 13.9. The highest BCUT2D eigenvalue weighted by molar-refractivity contribution is 6.04. The van der Waals surface area contributed by atoms with Gasteiger partial charge in [0.2, 0.25) is 11.8 Å². The number of aromatic nitrogens is 2. The third-order valence-corrected chi connectivity index (χ3v) is 10.9. The molecule has 8 rings (SSSR count). The van der Waals surface area contributed by atoms with E-state index in [0.717, 1.165) is 92.4 Å². The van der Waals surface area contributed by atoms with E-state index in [1.807, 2.05) is 59.3 Å². The van der Waals surface area contributed by atoms with Gasteiger partial charge in [-0.25, -0.2) is 4.68 Å². The topological polar surface area (TPSA) is 153 Å². The summed E-state index contributed by atoms with van der Waals surface area (Å²) >= 11 is 0. The number of fused-ring (bicyclic) bond motifs is 2. The van der Waals surface area contributed by atoms with Gasteiger partial charge < -0.3 is 30.7 Å². The zero-order valence-electron chi connectivity index (χ0n) is 30.9. The van der Waals surface area contributed by atoms with E-state index in [1.165, 1.54) is 11.1 Å². The number of hydrogen-bond acceptors (Lipinski definition) is 9. The SMILES string of the molecule is NC(=O)c1c(-c2ccc(OC3=CCCC=C3)cc2)nn2c1Nc1cc(C3CCN(CCCOc4ccc(NC5CCC(=O)NC5=O)cc4)CC3)ccc1CC2. The van der Waals surface area contributed by atoms with Crippen LogP contribution < -0.4 is 31.2 Å². The second-order valence-corrected chi connectivity index (χ2v) is 14.7. The van der Waals surface area contributed by atoms with Crippen molar-refractivity contribution in [3.05, 3.63) is 107 Å². The van der Waals surface area contributed by atoms with Gasteiger partial charge in [0, 0.05) is 36.4 Å². The van der Waals surface area contributed by atoms with Crippen LogP contribution in [0.5, 0.6) is 11.5 Å². The Morgan fingerprint density at radius 1 is 0.909 bits per heavy atom. The number of imide groups is 1. The van der Waals surface area contributed by atoms with E-state index in [-0.39, 0.29) is 11.8 Å². The molecule has 1 atom stereocenters. The highest BCUT2D eigenvalue weighted by Gasteiger charge is 2.28. The van der Waals surface area contributed by atoms with Gasteiger partial charge in [-0.15, -0.1) is 0 Å². The number of rotatable bonds is 12. The first-order valence-electron chi connectivity index (χ1n) is 19.4. The van der Waals surface area contributed by atoms with Gasteiger partial charge in [-0.2, -0.15) is 5.10 Å². The Balaban J connectivity index is 0.837. The molecule has 4 aliphatic rings. The maximum atomic E-state index is 12.9. The van der Waals surface area contributed by atoms with Gasteiger partial charge in [-0.3, -0.25) is 19.7 Å². The molecule has 4 aromatic rings. The molecule has 3 amide bonds. The summed E-state index contributed by atoms with van der Waals surface area (Å²) in [6.07, 6.45) is 12.9. The smallest absolute Gasteiger partial charge is 0.254 e. The van der Waals surface area contributed by atoms with Crippen molar-refractivity contribution in [3.63, 3.8) is 0 Å². The number of likely N-dealkylation sites (tertiary alicyclic amines) is 1. The Bertz CT molecular complexity index is 2110. The van der Waals surface area contributed by atoms with E-state index >= 15 is 0 Å². The van der Waals surface area contributed by atoms with Gasteiger partial charge in [0.25, 0.3) is 5.91 Å². The Labute approximate surface area is 320 Å². The average Bonchev–Trinajstić information content (AvgIpc) is 3.47. The molecule has 12 nitrogen and oxygen atoms in total. The molecule has 284 valence electrons. The zero-order chi connectivity index (χ0) is 37.7. The van der Waals surface area contributed by atoms with Crippen molar-refractivity contribution < 1.29 is 23.9 Å². The molecule has 0 saturated carbocycles. The Morgan fingerprint density at radius 2 is 1.71 bits per heavy atom. The number of nitrogens with two attached hydrogens (primary N) is 1. The van der Waals surface area contributed by atoms with Crippen LogP contribution in [0, 0.1) is 0 Å². The number of allylic oxidation sites excluding steroid dienone is 3. The lowest BCUT2D eigenvalue weighted by molar-refractivity contribution is -0.133. The quantitative estimate of drug-likeness (QED) is 0.0951. The molecule has 3 aromatic carbocycles. The number of carbonyl (C=O) groups is 3. The number of nitrogens with one attached hydrogen (secondary N) is 3. The van der Waals surface area contributed by atoms with Gasteiger partial charge in [0.15, 0.2) is 0 Å². The molecule has 0 bridgehead atoms. The first-order chi connectivity index (χ1) is 26.9. The molecule has 2 fully saturated rings. The van der Waals surface area contributed by atoms with Crippen molar-refractivity contribution in [1.29, 1.82) is 0 Å². The molecule has 3 aliphatic heterocycles. The number of aryl methyl sites for hydroxylation is 2. The predicted molar refractivity (Wildman–Crippen MR) is 211 cm³/mol. The van der Waals surface area contributed by atoms with Crippen LogP contribution in [0.15, 0.2) is 90.7 Å². The number of benzene rings is 3. The van der Waals surface area contributed by atoms with Gasteiger partial charge in [-0.1, -0.05) is 18.2 Å². The summed E-state index contributed by atoms with van der Waals surface area (Å²) in [7, 11) is 0. The van der Waals surface area contributed by atoms with Crippen LogP contribution in [0.25, 0.3) is 11.3 Å². The van der Waals surface area contributed by atoms with Crippen molar-refractivity contribution in [3.8, 4) is 22.8 Å². The van der Waals surface area contributed by atoms with Crippen molar-refractivity contribution in [1.82, 2.24) is 20.0 Å². The fraction of sp³-hybridized carbons (Fsp3) is 0.349. The minimum absolute atomic E-state index is 0.221. The third kappa shape index (κ3) is 8.44. The van der Waals surface area contributed by atoms with E-state index in [4.69, 9.17) is 20.3 Å². The average molecular weight is 742 g/mol. The van der Waals surface area contributed by atoms with Crippen molar-refractivity contribution in [2.75, 3.05) is 36.9 Å².